The lowest BCUT2D eigenvalue weighted by molar-refractivity contribution is 0.0683. The molecule has 1 unspecified atom stereocenters. The van der Waals surface area contributed by atoms with Gasteiger partial charge in [0.15, 0.2) is 0 Å². The predicted molar refractivity (Wildman–Crippen MR) is 83.9 cm³/mol. The van der Waals surface area contributed by atoms with E-state index in [4.69, 9.17) is 4.74 Å². The lowest BCUT2D eigenvalue weighted by atomic mass is 9.97. The van der Waals surface area contributed by atoms with Crippen LogP contribution in [0.5, 0.6) is 0 Å². The third kappa shape index (κ3) is 4.36. The zero-order chi connectivity index (χ0) is 16.1. The average molecular weight is 305 g/mol. The van der Waals surface area contributed by atoms with Crippen molar-refractivity contribution in [3.63, 3.8) is 0 Å². The maximum atomic E-state index is 13.3. The minimum atomic E-state index is -0.332. The zero-order valence-electron chi connectivity index (χ0n) is 13.1. The Morgan fingerprint density at radius 1 is 1.00 bits per heavy atom. The average Bonchev–Trinajstić information content (AvgIpc) is 2.45. The van der Waals surface area contributed by atoms with E-state index in [0.29, 0.717) is 6.61 Å². The molecule has 2 aromatic carbocycles. The van der Waals surface area contributed by atoms with E-state index in [0.717, 1.165) is 23.2 Å². The molecule has 22 heavy (non-hydrogen) atoms. The second-order valence-electron chi connectivity index (χ2n) is 5.61. The molecule has 2 aromatic rings. The van der Waals surface area contributed by atoms with Gasteiger partial charge in [-0.2, -0.15) is 0 Å². The van der Waals surface area contributed by atoms with Crippen LogP contribution in [0.3, 0.4) is 0 Å². The molecule has 0 saturated carbocycles. The number of hydrogen-bond acceptors (Lipinski definition) is 2. The highest BCUT2D eigenvalue weighted by Crippen LogP contribution is 2.29. The van der Waals surface area contributed by atoms with Crippen molar-refractivity contribution in [1.82, 2.24) is 4.90 Å². The third-order valence-corrected chi connectivity index (χ3v) is 3.51. The summed E-state index contributed by atoms with van der Waals surface area (Å²) in [6.45, 7) is 3.16. The molecule has 4 heteroatoms. The molecule has 0 aliphatic carbocycles. The van der Waals surface area contributed by atoms with Crippen LogP contribution in [0.4, 0.5) is 8.78 Å². The summed E-state index contributed by atoms with van der Waals surface area (Å²) in [7, 11) is 3.94. The highest BCUT2D eigenvalue weighted by atomic mass is 19.1. The van der Waals surface area contributed by atoms with Gasteiger partial charge in [0.05, 0.1) is 6.61 Å². The van der Waals surface area contributed by atoms with E-state index in [2.05, 4.69) is 0 Å². The van der Waals surface area contributed by atoms with Gasteiger partial charge < -0.3 is 9.64 Å². The number of likely N-dealkylation sites (N-methyl/N-ethyl adjacent to an activating group) is 1. The summed E-state index contributed by atoms with van der Waals surface area (Å²) < 4.78 is 32.5. The van der Waals surface area contributed by atoms with Gasteiger partial charge in [0, 0.05) is 6.54 Å². The van der Waals surface area contributed by atoms with E-state index >= 15 is 0 Å². The Kier molecular flexibility index (Phi) is 5.63. The fraction of sp³-hybridized carbons (Fsp3) is 0.333. The van der Waals surface area contributed by atoms with Gasteiger partial charge in [-0.15, -0.1) is 0 Å². The topological polar surface area (TPSA) is 12.5 Å². The summed E-state index contributed by atoms with van der Waals surface area (Å²) >= 11 is 0. The first-order valence-corrected chi connectivity index (χ1v) is 7.25. The number of aryl methyl sites for hydroxylation is 1. The summed E-state index contributed by atoms with van der Waals surface area (Å²) in [5, 5.41) is 0. The molecule has 2 rings (SSSR count). The van der Waals surface area contributed by atoms with Gasteiger partial charge in [-0.3, -0.25) is 0 Å². The molecule has 0 fully saturated rings. The molecule has 1 atom stereocenters. The van der Waals surface area contributed by atoms with Crippen molar-refractivity contribution in [2.75, 3.05) is 27.2 Å². The SMILES string of the molecule is Cc1cc(F)ccc1C(OCCN(C)C)c1ccc(F)cc1. The molecule has 0 amide bonds. The van der Waals surface area contributed by atoms with Crippen molar-refractivity contribution in [2.24, 2.45) is 0 Å². The fourth-order valence-electron chi connectivity index (χ4n) is 2.29. The van der Waals surface area contributed by atoms with E-state index in [9.17, 15) is 8.78 Å². The largest absolute Gasteiger partial charge is 0.367 e. The molecule has 0 aliphatic rings. The summed E-state index contributed by atoms with van der Waals surface area (Å²) in [4.78, 5) is 2.03. The Morgan fingerprint density at radius 3 is 2.23 bits per heavy atom. The van der Waals surface area contributed by atoms with Crippen molar-refractivity contribution in [2.45, 2.75) is 13.0 Å². The molecule has 0 bridgehead atoms. The number of rotatable bonds is 6. The van der Waals surface area contributed by atoms with Gasteiger partial charge in [0.1, 0.15) is 17.7 Å². The first-order valence-electron chi connectivity index (χ1n) is 7.25. The first kappa shape index (κ1) is 16.6. The van der Waals surface area contributed by atoms with Gasteiger partial charge in [-0.25, -0.2) is 8.78 Å². The number of ether oxygens (including phenoxy) is 1. The minimum absolute atomic E-state index is 0.271. The summed E-state index contributed by atoms with van der Waals surface area (Å²) in [6, 6.07) is 10.9. The van der Waals surface area contributed by atoms with Crippen molar-refractivity contribution in [3.05, 3.63) is 70.8 Å². The summed E-state index contributed by atoms with van der Waals surface area (Å²) in [6.07, 6.45) is -0.332. The molecule has 0 spiro atoms. The zero-order valence-corrected chi connectivity index (χ0v) is 13.1. The number of nitrogens with zero attached hydrogens (tertiary/aromatic N) is 1. The first-order chi connectivity index (χ1) is 10.5. The Balaban J connectivity index is 2.29. The van der Waals surface area contributed by atoms with Crippen LogP contribution >= 0.6 is 0 Å². The van der Waals surface area contributed by atoms with E-state index in [1.165, 1.54) is 24.3 Å². The van der Waals surface area contributed by atoms with Crippen molar-refractivity contribution in [1.29, 1.82) is 0 Å². The van der Waals surface area contributed by atoms with Crippen LogP contribution in [0, 0.1) is 18.6 Å². The molecule has 2 nitrogen and oxygen atoms in total. The van der Waals surface area contributed by atoms with E-state index in [-0.39, 0.29) is 17.7 Å². The third-order valence-electron chi connectivity index (χ3n) is 3.51. The number of halogens is 2. The maximum absolute atomic E-state index is 13.3. The van der Waals surface area contributed by atoms with Crippen LogP contribution in [0.15, 0.2) is 42.5 Å². The normalized spacial score (nSPS) is 12.6. The summed E-state index contributed by atoms with van der Waals surface area (Å²) in [5.41, 5.74) is 2.57. The summed E-state index contributed by atoms with van der Waals surface area (Å²) in [5.74, 6) is -0.556. The molecule has 0 radical (unpaired) electrons. The second-order valence-corrected chi connectivity index (χ2v) is 5.61. The van der Waals surface area contributed by atoms with Crippen LogP contribution in [0.25, 0.3) is 0 Å². The molecule has 118 valence electrons. The standard InChI is InChI=1S/C18H21F2NO/c1-13-12-16(20)8-9-17(13)18(22-11-10-21(2)3)14-4-6-15(19)7-5-14/h4-9,12,18H,10-11H2,1-3H3. The lowest BCUT2D eigenvalue weighted by Crippen LogP contribution is -2.20. The van der Waals surface area contributed by atoms with E-state index < -0.39 is 0 Å². The van der Waals surface area contributed by atoms with Crippen molar-refractivity contribution in [3.8, 4) is 0 Å². The molecule has 0 aliphatic heterocycles. The number of hydrogen-bond donors (Lipinski definition) is 0. The minimum Gasteiger partial charge on any atom is -0.367 e. The molecular formula is C18H21F2NO. The second kappa shape index (κ2) is 7.47. The van der Waals surface area contributed by atoms with Crippen molar-refractivity contribution < 1.29 is 13.5 Å². The molecule has 0 N–H and O–H groups in total. The smallest absolute Gasteiger partial charge is 0.123 e. The van der Waals surface area contributed by atoms with Gasteiger partial charge in [0.25, 0.3) is 0 Å². The maximum Gasteiger partial charge on any atom is 0.123 e. The van der Waals surface area contributed by atoms with Gasteiger partial charge in [0.2, 0.25) is 0 Å². The predicted octanol–water partition coefficient (Wildman–Crippen LogP) is 3.94. The Bertz CT molecular complexity index is 611. The molecule has 0 aromatic heterocycles. The van der Waals surface area contributed by atoms with Gasteiger partial charge in [-0.1, -0.05) is 18.2 Å². The number of benzene rings is 2. The monoisotopic (exact) mass is 305 g/mol. The highest BCUT2D eigenvalue weighted by molar-refractivity contribution is 5.36. The molecular weight excluding hydrogens is 284 g/mol. The van der Waals surface area contributed by atoms with Crippen molar-refractivity contribution >= 4 is 0 Å². The highest BCUT2D eigenvalue weighted by Gasteiger charge is 2.17. The Hall–Kier alpha value is -1.78. The Labute approximate surface area is 130 Å². The fourth-order valence-corrected chi connectivity index (χ4v) is 2.29. The Morgan fingerprint density at radius 2 is 1.64 bits per heavy atom. The van der Waals surface area contributed by atoms with E-state index in [1.807, 2.05) is 25.9 Å². The van der Waals surface area contributed by atoms with Crippen LogP contribution in [0.1, 0.15) is 22.8 Å². The molecule has 0 saturated heterocycles. The van der Waals surface area contributed by atoms with Gasteiger partial charge in [-0.05, 0) is 62.0 Å². The molecule has 0 heterocycles. The lowest BCUT2D eigenvalue weighted by Gasteiger charge is -2.22. The van der Waals surface area contributed by atoms with Crippen LogP contribution in [0.2, 0.25) is 0 Å². The van der Waals surface area contributed by atoms with Crippen LogP contribution in [-0.2, 0) is 4.74 Å². The quantitative estimate of drug-likeness (QED) is 0.801. The van der Waals surface area contributed by atoms with E-state index in [1.54, 1.807) is 18.2 Å². The van der Waals surface area contributed by atoms with Gasteiger partial charge >= 0.3 is 0 Å². The van der Waals surface area contributed by atoms with Crippen LogP contribution < -0.4 is 0 Å². The van der Waals surface area contributed by atoms with Crippen LogP contribution in [-0.4, -0.2) is 32.1 Å².